The SMILES string of the molecule is COc1ccc(CCNC(=O)c2cc(NCCN3CCOCC3)nc3ccccc23)cc1. The predicted octanol–water partition coefficient (Wildman–Crippen LogP) is 2.96. The lowest BCUT2D eigenvalue weighted by Gasteiger charge is -2.26. The van der Waals surface area contributed by atoms with Crippen LogP contribution in [0.5, 0.6) is 5.75 Å². The van der Waals surface area contributed by atoms with Crippen LogP contribution in [-0.2, 0) is 11.2 Å². The van der Waals surface area contributed by atoms with E-state index in [0.29, 0.717) is 12.1 Å². The van der Waals surface area contributed by atoms with Gasteiger partial charge in [0.15, 0.2) is 0 Å². The Bertz CT molecular complexity index is 1030. The molecule has 1 amide bonds. The van der Waals surface area contributed by atoms with Crippen LogP contribution < -0.4 is 15.4 Å². The number of hydrogen-bond donors (Lipinski definition) is 2. The zero-order chi connectivity index (χ0) is 22.2. The Kier molecular flexibility index (Phi) is 7.53. The number of pyridine rings is 1. The minimum Gasteiger partial charge on any atom is -0.497 e. The molecule has 1 saturated heterocycles. The highest BCUT2D eigenvalue weighted by molar-refractivity contribution is 6.06. The third-order valence-electron chi connectivity index (χ3n) is 5.66. The number of carbonyl (C=O) groups is 1. The van der Waals surface area contributed by atoms with Crippen LogP contribution in [0, 0.1) is 0 Å². The van der Waals surface area contributed by atoms with Gasteiger partial charge in [0.25, 0.3) is 5.91 Å². The highest BCUT2D eigenvalue weighted by atomic mass is 16.5. The largest absolute Gasteiger partial charge is 0.497 e. The number of para-hydroxylation sites is 1. The molecule has 0 spiro atoms. The van der Waals surface area contributed by atoms with E-state index < -0.39 is 0 Å². The topological polar surface area (TPSA) is 75.7 Å². The second-order valence-corrected chi connectivity index (χ2v) is 7.81. The van der Waals surface area contributed by atoms with E-state index in [9.17, 15) is 4.79 Å². The van der Waals surface area contributed by atoms with Gasteiger partial charge in [-0.3, -0.25) is 9.69 Å². The molecule has 7 heteroatoms. The van der Waals surface area contributed by atoms with Crippen molar-refractivity contribution in [2.75, 3.05) is 58.4 Å². The Morgan fingerprint density at radius 3 is 2.66 bits per heavy atom. The standard InChI is InChI=1S/C25H30N4O3/c1-31-20-8-6-19(7-9-20)10-11-27-25(30)22-18-24(28-23-5-3-2-4-21(22)23)26-12-13-29-14-16-32-17-15-29/h2-9,18H,10-17H2,1H3,(H,26,28)(H,27,30). The summed E-state index contributed by atoms with van der Waals surface area (Å²) < 4.78 is 10.6. The van der Waals surface area contributed by atoms with Gasteiger partial charge in [0.1, 0.15) is 11.6 Å². The van der Waals surface area contributed by atoms with Crippen LogP contribution in [-0.4, -0.2) is 68.8 Å². The smallest absolute Gasteiger partial charge is 0.252 e. The summed E-state index contributed by atoms with van der Waals surface area (Å²) in [6.07, 6.45) is 0.753. The first-order valence-corrected chi connectivity index (χ1v) is 11.1. The van der Waals surface area contributed by atoms with Crippen LogP contribution in [0.25, 0.3) is 10.9 Å². The molecule has 0 atom stereocenters. The molecule has 0 aliphatic carbocycles. The molecule has 2 N–H and O–H groups in total. The molecule has 1 aliphatic rings. The maximum atomic E-state index is 13.0. The lowest BCUT2D eigenvalue weighted by molar-refractivity contribution is 0.0398. The van der Waals surface area contributed by atoms with Crippen LogP contribution in [0.4, 0.5) is 5.82 Å². The first kappa shape index (κ1) is 22.0. The number of aromatic nitrogens is 1. The Hall–Kier alpha value is -3.16. The van der Waals surface area contributed by atoms with Crippen LogP contribution in [0.2, 0.25) is 0 Å². The number of nitrogens with zero attached hydrogens (tertiary/aromatic N) is 2. The molecule has 2 aromatic carbocycles. The Morgan fingerprint density at radius 1 is 1.09 bits per heavy atom. The average molecular weight is 435 g/mol. The molecule has 4 rings (SSSR count). The number of methoxy groups -OCH3 is 1. The number of carbonyl (C=O) groups excluding carboxylic acids is 1. The van der Waals surface area contributed by atoms with Crippen molar-refractivity contribution in [3.05, 3.63) is 65.7 Å². The van der Waals surface area contributed by atoms with Gasteiger partial charge >= 0.3 is 0 Å². The molecule has 7 nitrogen and oxygen atoms in total. The number of morpholine rings is 1. The molecule has 0 saturated carbocycles. The van der Waals surface area contributed by atoms with Crippen molar-refractivity contribution in [3.63, 3.8) is 0 Å². The van der Waals surface area contributed by atoms with Crippen molar-refractivity contribution >= 4 is 22.6 Å². The van der Waals surface area contributed by atoms with E-state index in [1.807, 2.05) is 54.6 Å². The molecule has 1 fully saturated rings. The summed E-state index contributed by atoms with van der Waals surface area (Å²) in [5.41, 5.74) is 2.60. The predicted molar refractivity (Wildman–Crippen MR) is 127 cm³/mol. The summed E-state index contributed by atoms with van der Waals surface area (Å²) in [6.45, 7) is 5.72. The minimum atomic E-state index is -0.0895. The molecular formula is C25H30N4O3. The van der Waals surface area contributed by atoms with Crippen molar-refractivity contribution in [2.45, 2.75) is 6.42 Å². The molecule has 0 bridgehead atoms. The van der Waals surface area contributed by atoms with Gasteiger partial charge in [-0.2, -0.15) is 0 Å². The van der Waals surface area contributed by atoms with Gasteiger partial charge in [-0.25, -0.2) is 4.98 Å². The number of nitrogens with one attached hydrogen (secondary N) is 2. The number of anilines is 1. The number of fused-ring (bicyclic) bond motifs is 1. The third-order valence-corrected chi connectivity index (χ3v) is 5.66. The maximum Gasteiger partial charge on any atom is 0.252 e. The van der Waals surface area contributed by atoms with Crippen LogP contribution in [0.3, 0.4) is 0 Å². The maximum absolute atomic E-state index is 13.0. The summed E-state index contributed by atoms with van der Waals surface area (Å²) >= 11 is 0. The Morgan fingerprint density at radius 2 is 1.88 bits per heavy atom. The third kappa shape index (κ3) is 5.75. The molecule has 32 heavy (non-hydrogen) atoms. The van der Waals surface area contributed by atoms with E-state index in [1.165, 1.54) is 0 Å². The van der Waals surface area contributed by atoms with E-state index in [2.05, 4.69) is 15.5 Å². The van der Waals surface area contributed by atoms with E-state index in [1.54, 1.807) is 7.11 Å². The van der Waals surface area contributed by atoms with Crippen LogP contribution >= 0.6 is 0 Å². The van der Waals surface area contributed by atoms with E-state index in [4.69, 9.17) is 14.5 Å². The van der Waals surface area contributed by atoms with Gasteiger partial charge in [-0.05, 0) is 36.2 Å². The number of rotatable bonds is 9. The number of ether oxygens (including phenoxy) is 2. The monoisotopic (exact) mass is 434 g/mol. The molecule has 1 aliphatic heterocycles. The molecule has 2 heterocycles. The van der Waals surface area contributed by atoms with Crippen molar-refractivity contribution in [2.24, 2.45) is 0 Å². The summed E-state index contributed by atoms with van der Waals surface area (Å²) in [5.74, 6) is 1.46. The highest BCUT2D eigenvalue weighted by Gasteiger charge is 2.14. The van der Waals surface area contributed by atoms with E-state index >= 15 is 0 Å². The van der Waals surface area contributed by atoms with Crippen molar-refractivity contribution in [1.29, 1.82) is 0 Å². The second-order valence-electron chi connectivity index (χ2n) is 7.81. The van der Waals surface area contributed by atoms with Gasteiger partial charge in [0.2, 0.25) is 0 Å². The van der Waals surface area contributed by atoms with Gasteiger partial charge in [0, 0.05) is 38.1 Å². The van der Waals surface area contributed by atoms with Crippen molar-refractivity contribution in [3.8, 4) is 5.75 Å². The normalized spacial score (nSPS) is 14.3. The van der Waals surface area contributed by atoms with Crippen molar-refractivity contribution < 1.29 is 14.3 Å². The van der Waals surface area contributed by atoms with Gasteiger partial charge in [-0.1, -0.05) is 30.3 Å². The fraction of sp³-hybridized carbons (Fsp3) is 0.360. The minimum absolute atomic E-state index is 0.0895. The number of benzene rings is 2. The van der Waals surface area contributed by atoms with E-state index in [0.717, 1.165) is 73.8 Å². The molecule has 1 aromatic heterocycles. The average Bonchev–Trinajstić information content (AvgIpc) is 2.84. The van der Waals surface area contributed by atoms with Gasteiger partial charge < -0.3 is 20.1 Å². The lowest BCUT2D eigenvalue weighted by Crippen LogP contribution is -2.39. The summed E-state index contributed by atoms with van der Waals surface area (Å²) in [4.78, 5) is 20.1. The molecular weight excluding hydrogens is 404 g/mol. The van der Waals surface area contributed by atoms with Gasteiger partial charge in [0.05, 0.1) is 31.4 Å². The highest BCUT2D eigenvalue weighted by Crippen LogP contribution is 2.21. The zero-order valence-corrected chi connectivity index (χ0v) is 18.5. The summed E-state index contributed by atoms with van der Waals surface area (Å²) in [7, 11) is 1.65. The Balaban J connectivity index is 1.39. The quantitative estimate of drug-likeness (QED) is 0.539. The fourth-order valence-electron chi connectivity index (χ4n) is 3.83. The van der Waals surface area contributed by atoms with Gasteiger partial charge in [-0.15, -0.1) is 0 Å². The molecule has 0 radical (unpaired) electrons. The lowest BCUT2D eigenvalue weighted by atomic mass is 10.1. The zero-order valence-electron chi connectivity index (χ0n) is 18.5. The van der Waals surface area contributed by atoms with Crippen LogP contribution in [0.1, 0.15) is 15.9 Å². The number of hydrogen-bond acceptors (Lipinski definition) is 6. The second kappa shape index (κ2) is 10.9. The fourth-order valence-corrected chi connectivity index (χ4v) is 3.83. The molecule has 3 aromatic rings. The summed E-state index contributed by atoms with van der Waals surface area (Å²) in [6, 6.07) is 17.5. The van der Waals surface area contributed by atoms with Crippen molar-refractivity contribution in [1.82, 2.24) is 15.2 Å². The first-order valence-electron chi connectivity index (χ1n) is 11.1. The molecule has 168 valence electrons. The molecule has 0 unspecified atom stereocenters. The first-order chi connectivity index (χ1) is 15.7. The Labute approximate surface area is 188 Å². The summed E-state index contributed by atoms with van der Waals surface area (Å²) in [5, 5.41) is 7.30. The van der Waals surface area contributed by atoms with E-state index in [-0.39, 0.29) is 5.91 Å². The number of amides is 1. The van der Waals surface area contributed by atoms with Crippen LogP contribution in [0.15, 0.2) is 54.6 Å².